The Hall–Kier alpha value is -1.71. The van der Waals surface area contributed by atoms with Gasteiger partial charge in [-0.1, -0.05) is 35.3 Å². The monoisotopic (exact) mass is 308 g/mol. The number of halogens is 2. The molecule has 104 valence electrons. The van der Waals surface area contributed by atoms with Crippen molar-refractivity contribution in [3.63, 3.8) is 0 Å². The third-order valence-electron chi connectivity index (χ3n) is 2.97. The zero-order chi connectivity index (χ0) is 14.7. The highest BCUT2D eigenvalue weighted by Gasteiger charge is 2.12. The van der Waals surface area contributed by atoms with Gasteiger partial charge in [-0.25, -0.2) is 0 Å². The molecule has 0 saturated carbocycles. The molecule has 0 saturated heterocycles. The average molecular weight is 309 g/mol. The number of hydrogen-bond acceptors (Lipinski definition) is 2. The van der Waals surface area contributed by atoms with Crippen LogP contribution in [0.15, 0.2) is 42.5 Å². The number of likely N-dealkylation sites (N-methyl/N-ethyl adjacent to an activating group) is 1. The highest BCUT2D eigenvalue weighted by atomic mass is 35.5. The van der Waals surface area contributed by atoms with E-state index in [4.69, 9.17) is 28.9 Å². The number of amides is 1. The van der Waals surface area contributed by atoms with E-state index in [9.17, 15) is 4.79 Å². The first kappa shape index (κ1) is 14.7. The summed E-state index contributed by atoms with van der Waals surface area (Å²) in [5.41, 5.74) is 7.92. The Morgan fingerprint density at radius 3 is 2.55 bits per heavy atom. The molecule has 1 amide bonds. The molecule has 0 atom stereocenters. The number of benzene rings is 2. The van der Waals surface area contributed by atoms with Gasteiger partial charge in [-0.3, -0.25) is 4.79 Å². The fourth-order valence-electron chi connectivity index (χ4n) is 1.82. The van der Waals surface area contributed by atoms with E-state index >= 15 is 0 Å². The summed E-state index contributed by atoms with van der Waals surface area (Å²) < 4.78 is 0. The lowest BCUT2D eigenvalue weighted by Crippen LogP contribution is -2.27. The maximum atomic E-state index is 12.2. The summed E-state index contributed by atoms with van der Waals surface area (Å²) in [5, 5.41) is 0.927. The highest BCUT2D eigenvalue weighted by Crippen LogP contribution is 2.23. The van der Waals surface area contributed by atoms with Crippen LogP contribution in [0, 0.1) is 0 Å². The fraction of sp³-hybridized carbons (Fsp3) is 0.133. The molecule has 0 spiro atoms. The minimum absolute atomic E-state index is 0.0472. The van der Waals surface area contributed by atoms with Crippen molar-refractivity contribution in [1.82, 2.24) is 0 Å². The molecular formula is C15H14Cl2N2O. The highest BCUT2D eigenvalue weighted by molar-refractivity contribution is 6.42. The molecular weight excluding hydrogens is 295 g/mol. The lowest BCUT2D eigenvalue weighted by Gasteiger charge is -2.18. The van der Waals surface area contributed by atoms with Crippen LogP contribution in [0.25, 0.3) is 0 Å². The van der Waals surface area contributed by atoms with Crippen LogP contribution in [0.3, 0.4) is 0 Å². The summed E-state index contributed by atoms with van der Waals surface area (Å²) in [4.78, 5) is 13.8. The first-order chi connectivity index (χ1) is 9.47. The van der Waals surface area contributed by atoms with Crippen LogP contribution in [0.5, 0.6) is 0 Å². The second-order valence-electron chi connectivity index (χ2n) is 4.47. The molecule has 0 radical (unpaired) electrons. The number of hydrogen-bond donors (Lipinski definition) is 1. The third kappa shape index (κ3) is 3.44. The number of anilines is 2. The first-order valence-electron chi connectivity index (χ1n) is 6.03. The number of nitrogen functional groups attached to an aromatic ring is 1. The molecule has 2 aromatic rings. The predicted octanol–water partition coefficient (Wildman–Crippen LogP) is 3.78. The van der Waals surface area contributed by atoms with E-state index in [1.54, 1.807) is 42.3 Å². The van der Waals surface area contributed by atoms with Gasteiger partial charge in [-0.15, -0.1) is 0 Å². The summed E-state index contributed by atoms with van der Waals surface area (Å²) in [6, 6.07) is 12.4. The molecule has 0 aromatic heterocycles. The summed E-state index contributed by atoms with van der Waals surface area (Å²) in [6.45, 7) is 0. The van der Waals surface area contributed by atoms with Crippen LogP contribution >= 0.6 is 23.2 Å². The van der Waals surface area contributed by atoms with Crippen molar-refractivity contribution >= 4 is 40.5 Å². The SMILES string of the molecule is CN(C(=O)Cc1ccc(Cl)c(Cl)c1)c1cccc(N)c1. The predicted molar refractivity (Wildman–Crippen MR) is 84.4 cm³/mol. The minimum atomic E-state index is -0.0472. The van der Waals surface area contributed by atoms with E-state index in [-0.39, 0.29) is 12.3 Å². The van der Waals surface area contributed by atoms with Crippen molar-refractivity contribution in [2.24, 2.45) is 0 Å². The molecule has 0 fully saturated rings. The number of rotatable bonds is 3. The second-order valence-corrected chi connectivity index (χ2v) is 5.29. The summed E-state index contributed by atoms with van der Waals surface area (Å²) >= 11 is 11.8. The van der Waals surface area contributed by atoms with Crippen LogP contribution in [0.4, 0.5) is 11.4 Å². The van der Waals surface area contributed by atoms with Gasteiger partial charge in [0.2, 0.25) is 5.91 Å². The normalized spacial score (nSPS) is 10.3. The minimum Gasteiger partial charge on any atom is -0.399 e. The largest absolute Gasteiger partial charge is 0.399 e. The zero-order valence-electron chi connectivity index (χ0n) is 10.9. The fourth-order valence-corrected chi connectivity index (χ4v) is 2.14. The van der Waals surface area contributed by atoms with Crippen molar-refractivity contribution in [3.8, 4) is 0 Å². The van der Waals surface area contributed by atoms with Gasteiger partial charge in [0.15, 0.2) is 0 Å². The number of nitrogens with zero attached hydrogens (tertiary/aromatic N) is 1. The van der Waals surface area contributed by atoms with Crippen molar-refractivity contribution < 1.29 is 4.79 Å². The Balaban J connectivity index is 2.13. The molecule has 2 aromatic carbocycles. The van der Waals surface area contributed by atoms with Gasteiger partial charge in [0.25, 0.3) is 0 Å². The van der Waals surface area contributed by atoms with E-state index < -0.39 is 0 Å². The molecule has 3 nitrogen and oxygen atoms in total. The van der Waals surface area contributed by atoms with Crippen LogP contribution in [-0.4, -0.2) is 13.0 Å². The molecule has 0 bridgehead atoms. The van der Waals surface area contributed by atoms with E-state index in [1.165, 1.54) is 0 Å². The maximum absolute atomic E-state index is 12.2. The Morgan fingerprint density at radius 1 is 1.15 bits per heavy atom. The lowest BCUT2D eigenvalue weighted by atomic mass is 10.1. The first-order valence-corrected chi connectivity index (χ1v) is 6.79. The van der Waals surface area contributed by atoms with Gasteiger partial charge in [-0.2, -0.15) is 0 Å². The van der Waals surface area contributed by atoms with Crippen molar-refractivity contribution in [3.05, 3.63) is 58.1 Å². The Kier molecular flexibility index (Phi) is 4.53. The molecule has 0 aliphatic carbocycles. The van der Waals surface area contributed by atoms with E-state index in [0.717, 1.165) is 11.3 Å². The Bertz CT molecular complexity index is 644. The Labute approximate surface area is 127 Å². The Morgan fingerprint density at radius 2 is 1.90 bits per heavy atom. The van der Waals surface area contributed by atoms with Crippen LogP contribution in [-0.2, 0) is 11.2 Å². The number of carbonyl (C=O) groups is 1. The van der Waals surface area contributed by atoms with Gasteiger partial charge in [0.1, 0.15) is 0 Å². The molecule has 0 aliphatic heterocycles. The molecule has 0 aliphatic rings. The summed E-state index contributed by atoms with van der Waals surface area (Å²) in [7, 11) is 1.72. The van der Waals surface area contributed by atoms with E-state index in [2.05, 4.69) is 0 Å². The van der Waals surface area contributed by atoms with Crippen molar-refractivity contribution in [1.29, 1.82) is 0 Å². The van der Waals surface area contributed by atoms with Gasteiger partial charge in [0, 0.05) is 18.4 Å². The van der Waals surface area contributed by atoms with Gasteiger partial charge in [-0.05, 0) is 35.9 Å². The zero-order valence-corrected chi connectivity index (χ0v) is 12.4. The average Bonchev–Trinajstić information content (AvgIpc) is 2.42. The van der Waals surface area contributed by atoms with Crippen LogP contribution in [0.2, 0.25) is 10.0 Å². The van der Waals surface area contributed by atoms with Gasteiger partial charge >= 0.3 is 0 Å². The quantitative estimate of drug-likeness (QED) is 0.877. The molecule has 20 heavy (non-hydrogen) atoms. The summed E-state index contributed by atoms with van der Waals surface area (Å²) in [5.74, 6) is -0.0472. The molecule has 2 N–H and O–H groups in total. The van der Waals surface area contributed by atoms with Crippen molar-refractivity contribution in [2.75, 3.05) is 17.7 Å². The molecule has 0 heterocycles. The molecule has 0 unspecified atom stereocenters. The number of nitrogens with two attached hydrogens (primary N) is 1. The summed E-state index contributed by atoms with van der Waals surface area (Å²) in [6.07, 6.45) is 0.252. The smallest absolute Gasteiger partial charge is 0.231 e. The van der Waals surface area contributed by atoms with Crippen LogP contribution < -0.4 is 10.6 Å². The number of carbonyl (C=O) groups excluding carboxylic acids is 1. The molecule has 5 heteroatoms. The van der Waals surface area contributed by atoms with Crippen molar-refractivity contribution in [2.45, 2.75) is 6.42 Å². The maximum Gasteiger partial charge on any atom is 0.231 e. The van der Waals surface area contributed by atoms with E-state index in [1.807, 2.05) is 12.1 Å². The van der Waals surface area contributed by atoms with Crippen LogP contribution in [0.1, 0.15) is 5.56 Å². The second kappa shape index (κ2) is 6.16. The molecule has 2 rings (SSSR count). The van der Waals surface area contributed by atoms with E-state index in [0.29, 0.717) is 15.7 Å². The third-order valence-corrected chi connectivity index (χ3v) is 3.71. The lowest BCUT2D eigenvalue weighted by molar-refractivity contribution is -0.117. The van der Waals surface area contributed by atoms with Gasteiger partial charge in [0.05, 0.1) is 16.5 Å². The van der Waals surface area contributed by atoms with Gasteiger partial charge < -0.3 is 10.6 Å². The standard InChI is InChI=1S/C15H14Cl2N2O/c1-19(12-4-2-3-11(18)9-12)15(20)8-10-5-6-13(16)14(17)7-10/h2-7,9H,8,18H2,1H3. The topological polar surface area (TPSA) is 46.3 Å².